The quantitative estimate of drug-likeness (QED) is 0.786. The van der Waals surface area contributed by atoms with Crippen LogP contribution in [0.4, 0.5) is 0 Å². The van der Waals surface area contributed by atoms with E-state index in [1.54, 1.807) is 6.92 Å². The molecule has 2 atom stereocenters. The smallest absolute Gasteiger partial charge is 0.305 e. The Morgan fingerprint density at radius 2 is 1.90 bits per heavy atom. The van der Waals surface area contributed by atoms with Gasteiger partial charge in [-0.2, -0.15) is 0 Å². The first-order valence-electron chi connectivity index (χ1n) is 6.77. The van der Waals surface area contributed by atoms with Crippen LogP contribution in [0.25, 0.3) is 0 Å². The minimum absolute atomic E-state index is 0.0718. The van der Waals surface area contributed by atoms with Crippen molar-refractivity contribution in [3.8, 4) is 0 Å². The fraction of sp³-hybridized carbons (Fsp3) is 0.467. The van der Waals surface area contributed by atoms with Gasteiger partial charge in [0.15, 0.2) is 0 Å². The number of hydrogen-bond donors (Lipinski definition) is 2. The van der Waals surface area contributed by atoms with Gasteiger partial charge in [-0.3, -0.25) is 9.59 Å². The van der Waals surface area contributed by atoms with Gasteiger partial charge in [-0.05, 0) is 25.8 Å². The van der Waals surface area contributed by atoms with Crippen molar-refractivity contribution in [3.63, 3.8) is 0 Å². The molecule has 1 unspecified atom stereocenters. The minimum Gasteiger partial charge on any atom is -0.481 e. The molecule has 110 valence electrons. The number of nitrogens with two attached hydrogens (primary N) is 1. The molecule has 0 saturated carbocycles. The molecule has 1 aromatic carbocycles. The van der Waals surface area contributed by atoms with Gasteiger partial charge in [-0.1, -0.05) is 30.3 Å². The van der Waals surface area contributed by atoms with E-state index in [2.05, 4.69) is 0 Å². The molecule has 0 spiro atoms. The first kappa shape index (κ1) is 16.2. The van der Waals surface area contributed by atoms with Gasteiger partial charge in [-0.25, -0.2) is 0 Å². The maximum atomic E-state index is 12.3. The van der Waals surface area contributed by atoms with Gasteiger partial charge in [0.2, 0.25) is 5.91 Å². The Morgan fingerprint density at radius 1 is 1.30 bits per heavy atom. The molecule has 1 rings (SSSR count). The molecule has 0 aliphatic heterocycles. The fourth-order valence-electron chi connectivity index (χ4n) is 2.22. The Labute approximate surface area is 119 Å². The second kappa shape index (κ2) is 7.65. The molecule has 0 aromatic heterocycles. The number of carbonyl (C=O) groups is 2. The summed E-state index contributed by atoms with van der Waals surface area (Å²) in [4.78, 5) is 24.6. The van der Waals surface area contributed by atoms with Crippen LogP contribution >= 0.6 is 0 Å². The molecule has 1 amide bonds. The fourth-order valence-corrected chi connectivity index (χ4v) is 2.22. The largest absolute Gasteiger partial charge is 0.481 e. The molecular weight excluding hydrogens is 256 g/mol. The van der Waals surface area contributed by atoms with Crippen LogP contribution in [0.3, 0.4) is 0 Å². The number of carboxylic acid groups (broad SMARTS) is 1. The number of rotatable bonds is 7. The Hall–Kier alpha value is -1.88. The summed E-state index contributed by atoms with van der Waals surface area (Å²) in [6, 6.07) is 8.55. The molecular formula is C15H22N2O3. The van der Waals surface area contributed by atoms with E-state index >= 15 is 0 Å². The predicted octanol–water partition coefficient (Wildman–Crippen LogP) is 1.27. The average Bonchev–Trinajstić information content (AvgIpc) is 2.39. The maximum absolute atomic E-state index is 12.3. The summed E-state index contributed by atoms with van der Waals surface area (Å²) in [6.45, 7) is 4.01. The highest BCUT2D eigenvalue weighted by molar-refractivity contribution is 5.82. The third-order valence-electron chi connectivity index (χ3n) is 3.24. The Bertz CT molecular complexity index is 448. The molecule has 0 fully saturated rings. The Balaban J connectivity index is 2.68. The molecule has 0 bridgehead atoms. The summed E-state index contributed by atoms with van der Waals surface area (Å²) >= 11 is 0. The van der Waals surface area contributed by atoms with Gasteiger partial charge in [0.1, 0.15) is 0 Å². The highest BCUT2D eigenvalue weighted by atomic mass is 16.4. The highest BCUT2D eigenvalue weighted by Crippen LogP contribution is 2.09. The van der Waals surface area contributed by atoms with Gasteiger partial charge < -0.3 is 15.7 Å². The maximum Gasteiger partial charge on any atom is 0.305 e. The van der Waals surface area contributed by atoms with Crippen molar-refractivity contribution in [1.82, 2.24) is 4.90 Å². The van der Waals surface area contributed by atoms with Crippen molar-refractivity contribution >= 4 is 11.9 Å². The van der Waals surface area contributed by atoms with E-state index in [1.165, 1.54) is 4.90 Å². The monoisotopic (exact) mass is 278 g/mol. The molecule has 3 N–H and O–H groups in total. The number of benzene rings is 1. The van der Waals surface area contributed by atoms with E-state index < -0.39 is 12.0 Å². The molecule has 5 heteroatoms. The summed E-state index contributed by atoms with van der Waals surface area (Å²) in [5.41, 5.74) is 6.95. The summed E-state index contributed by atoms with van der Waals surface area (Å²) in [7, 11) is 0. The molecule has 0 aliphatic rings. The van der Waals surface area contributed by atoms with Crippen LogP contribution in [0.2, 0.25) is 0 Å². The van der Waals surface area contributed by atoms with Crippen molar-refractivity contribution < 1.29 is 14.7 Å². The van der Waals surface area contributed by atoms with Crippen LogP contribution in [0.1, 0.15) is 25.8 Å². The standard InChI is InChI=1S/C15H22N2O3/c1-3-17(11(2)9-14(18)19)15(20)13(16)10-12-7-5-4-6-8-12/h4-8,11,13H,3,9-10,16H2,1-2H3,(H,18,19)/t11?,13-/m0/s1. The molecule has 0 aliphatic carbocycles. The molecule has 0 saturated heterocycles. The van der Waals surface area contributed by atoms with Gasteiger partial charge in [-0.15, -0.1) is 0 Å². The number of likely N-dealkylation sites (N-methyl/N-ethyl adjacent to an activating group) is 1. The second-order valence-electron chi connectivity index (χ2n) is 4.87. The zero-order valence-electron chi connectivity index (χ0n) is 12.0. The zero-order chi connectivity index (χ0) is 15.1. The van der Waals surface area contributed by atoms with Crippen LogP contribution in [0, 0.1) is 0 Å². The van der Waals surface area contributed by atoms with E-state index in [4.69, 9.17) is 10.8 Å². The van der Waals surface area contributed by atoms with Crippen molar-refractivity contribution in [1.29, 1.82) is 0 Å². The van der Waals surface area contributed by atoms with E-state index in [1.807, 2.05) is 37.3 Å². The lowest BCUT2D eigenvalue weighted by Crippen LogP contribution is -2.49. The molecule has 20 heavy (non-hydrogen) atoms. The van der Waals surface area contributed by atoms with Crippen molar-refractivity contribution in [2.24, 2.45) is 5.73 Å². The van der Waals surface area contributed by atoms with Gasteiger partial charge in [0, 0.05) is 12.6 Å². The lowest BCUT2D eigenvalue weighted by molar-refractivity contribution is -0.140. The van der Waals surface area contributed by atoms with Crippen LogP contribution in [0.5, 0.6) is 0 Å². The van der Waals surface area contributed by atoms with Crippen LogP contribution in [-0.2, 0) is 16.0 Å². The number of nitrogens with zero attached hydrogens (tertiary/aromatic N) is 1. The van der Waals surface area contributed by atoms with E-state index in [9.17, 15) is 9.59 Å². The average molecular weight is 278 g/mol. The lowest BCUT2D eigenvalue weighted by Gasteiger charge is -2.29. The van der Waals surface area contributed by atoms with Gasteiger partial charge in [0.25, 0.3) is 0 Å². The highest BCUT2D eigenvalue weighted by Gasteiger charge is 2.25. The molecule has 0 heterocycles. The van der Waals surface area contributed by atoms with E-state index in [0.29, 0.717) is 13.0 Å². The topological polar surface area (TPSA) is 83.6 Å². The second-order valence-corrected chi connectivity index (χ2v) is 4.87. The van der Waals surface area contributed by atoms with Crippen LogP contribution in [-0.4, -0.2) is 40.5 Å². The van der Waals surface area contributed by atoms with Crippen molar-refractivity contribution in [3.05, 3.63) is 35.9 Å². The minimum atomic E-state index is -0.916. The van der Waals surface area contributed by atoms with E-state index in [-0.39, 0.29) is 18.4 Å². The van der Waals surface area contributed by atoms with E-state index in [0.717, 1.165) is 5.56 Å². The first-order chi connectivity index (χ1) is 9.45. The van der Waals surface area contributed by atoms with Crippen LogP contribution < -0.4 is 5.73 Å². The Kier molecular flexibility index (Phi) is 6.18. The normalized spacial score (nSPS) is 13.6. The number of aliphatic carboxylic acids is 1. The molecule has 1 aromatic rings. The lowest BCUT2D eigenvalue weighted by atomic mass is 10.0. The molecule has 0 radical (unpaired) electrons. The number of carbonyl (C=O) groups excluding carboxylic acids is 1. The third kappa shape index (κ3) is 4.66. The third-order valence-corrected chi connectivity index (χ3v) is 3.24. The van der Waals surface area contributed by atoms with Gasteiger partial charge in [0.05, 0.1) is 12.5 Å². The van der Waals surface area contributed by atoms with Crippen molar-refractivity contribution in [2.75, 3.05) is 6.54 Å². The number of hydrogen-bond acceptors (Lipinski definition) is 3. The molecule has 5 nitrogen and oxygen atoms in total. The van der Waals surface area contributed by atoms with Crippen molar-refractivity contribution in [2.45, 2.75) is 38.8 Å². The predicted molar refractivity (Wildman–Crippen MR) is 77.2 cm³/mol. The van der Waals surface area contributed by atoms with Crippen LogP contribution in [0.15, 0.2) is 30.3 Å². The Morgan fingerprint density at radius 3 is 2.40 bits per heavy atom. The number of amides is 1. The summed E-state index contributed by atoms with van der Waals surface area (Å²) in [5.74, 6) is -1.12. The number of carboxylic acids is 1. The SMILES string of the molecule is CCN(C(=O)[C@@H](N)Cc1ccccc1)C(C)CC(=O)O. The zero-order valence-corrected chi connectivity index (χ0v) is 12.0. The van der Waals surface area contributed by atoms with Gasteiger partial charge >= 0.3 is 5.97 Å². The summed E-state index contributed by atoms with van der Waals surface area (Å²) in [5, 5.41) is 8.81. The first-order valence-corrected chi connectivity index (χ1v) is 6.77. The summed E-state index contributed by atoms with van der Waals surface area (Å²) < 4.78 is 0. The summed E-state index contributed by atoms with van der Waals surface area (Å²) in [6.07, 6.45) is 0.383.